The lowest BCUT2D eigenvalue weighted by Gasteiger charge is -2.30. The molecule has 17 heavy (non-hydrogen) atoms. The van der Waals surface area contributed by atoms with E-state index in [2.05, 4.69) is 4.98 Å². The van der Waals surface area contributed by atoms with Gasteiger partial charge in [-0.3, -0.25) is 4.79 Å². The van der Waals surface area contributed by atoms with Gasteiger partial charge in [-0.05, 0) is 13.0 Å². The third-order valence-electron chi connectivity index (χ3n) is 2.60. The SMILES string of the molecule is CC1CN(S(=O)(=O)c2ccc(=O)[nH]c2)CCO1. The molecule has 1 aliphatic rings. The predicted molar refractivity (Wildman–Crippen MR) is 61.2 cm³/mol. The maximum absolute atomic E-state index is 12.2. The largest absolute Gasteiger partial charge is 0.376 e. The molecule has 0 saturated carbocycles. The van der Waals surface area contributed by atoms with Crippen LogP contribution in [0.15, 0.2) is 28.0 Å². The number of H-pyrrole nitrogens is 1. The lowest BCUT2D eigenvalue weighted by molar-refractivity contribution is 0.0102. The van der Waals surface area contributed by atoms with Gasteiger partial charge in [-0.2, -0.15) is 4.31 Å². The molecule has 0 aliphatic carbocycles. The normalized spacial score (nSPS) is 22.5. The van der Waals surface area contributed by atoms with E-state index >= 15 is 0 Å². The van der Waals surface area contributed by atoms with Gasteiger partial charge in [0, 0.05) is 25.4 Å². The van der Waals surface area contributed by atoms with E-state index in [1.165, 1.54) is 22.6 Å². The first-order chi connectivity index (χ1) is 8.00. The number of aromatic nitrogens is 1. The monoisotopic (exact) mass is 258 g/mol. The Hall–Kier alpha value is -1.18. The average Bonchev–Trinajstić information content (AvgIpc) is 2.29. The molecule has 1 N–H and O–H groups in total. The summed E-state index contributed by atoms with van der Waals surface area (Å²) >= 11 is 0. The summed E-state index contributed by atoms with van der Waals surface area (Å²) in [5.41, 5.74) is -0.320. The highest BCUT2D eigenvalue weighted by Gasteiger charge is 2.29. The molecule has 1 saturated heterocycles. The van der Waals surface area contributed by atoms with Crippen LogP contribution in [0.4, 0.5) is 0 Å². The first-order valence-electron chi connectivity index (χ1n) is 5.30. The Kier molecular flexibility index (Phi) is 3.32. The van der Waals surface area contributed by atoms with Gasteiger partial charge >= 0.3 is 0 Å². The van der Waals surface area contributed by atoms with Gasteiger partial charge in [-0.1, -0.05) is 0 Å². The van der Waals surface area contributed by atoms with Gasteiger partial charge in [-0.25, -0.2) is 8.42 Å². The summed E-state index contributed by atoms with van der Waals surface area (Å²) in [6, 6.07) is 2.52. The molecule has 0 radical (unpaired) electrons. The molecule has 1 fully saturated rings. The standard InChI is InChI=1S/C10H14N2O4S/c1-8-7-12(4-5-16-8)17(14,15)9-2-3-10(13)11-6-9/h2-3,6,8H,4-5,7H2,1H3,(H,11,13). The summed E-state index contributed by atoms with van der Waals surface area (Å²) in [4.78, 5) is 13.4. The molecule has 0 aromatic carbocycles. The van der Waals surface area contributed by atoms with Crippen molar-refractivity contribution in [2.75, 3.05) is 19.7 Å². The quantitative estimate of drug-likeness (QED) is 0.795. The van der Waals surface area contributed by atoms with Crippen LogP contribution in [0.3, 0.4) is 0 Å². The fraction of sp³-hybridized carbons (Fsp3) is 0.500. The molecule has 2 heterocycles. The molecule has 0 spiro atoms. The van der Waals surface area contributed by atoms with E-state index in [1.54, 1.807) is 0 Å². The minimum absolute atomic E-state index is 0.103. The minimum Gasteiger partial charge on any atom is -0.376 e. The smallest absolute Gasteiger partial charge is 0.247 e. The second-order valence-corrected chi connectivity index (χ2v) is 5.87. The number of rotatable bonds is 2. The first kappa shape index (κ1) is 12.3. The van der Waals surface area contributed by atoms with E-state index in [4.69, 9.17) is 4.74 Å². The van der Waals surface area contributed by atoms with Gasteiger partial charge < -0.3 is 9.72 Å². The van der Waals surface area contributed by atoms with Crippen LogP contribution >= 0.6 is 0 Å². The van der Waals surface area contributed by atoms with Gasteiger partial charge in [0.05, 0.1) is 17.6 Å². The van der Waals surface area contributed by atoms with E-state index in [1.807, 2.05) is 6.92 Å². The van der Waals surface area contributed by atoms with Crippen LogP contribution in [0.25, 0.3) is 0 Å². The molecular weight excluding hydrogens is 244 g/mol. The summed E-state index contributed by atoms with van der Waals surface area (Å²) in [5.74, 6) is 0. The highest BCUT2D eigenvalue weighted by atomic mass is 32.2. The Balaban J connectivity index is 2.29. The number of sulfonamides is 1. The Labute approximate surface area is 99.3 Å². The van der Waals surface area contributed by atoms with Crippen molar-refractivity contribution in [3.05, 3.63) is 28.7 Å². The topological polar surface area (TPSA) is 79.5 Å². The zero-order valence-corrected chi connectivity index (χ0v) is 10.2. The zero-order chi connectivity index (χ0) is 12.5. The van der Waals surface area contributed by atoms with E-state index in [0.717, 1.165) is 0 Å². The van der Waals surface area contributed by atoms with Crippen molar-refractivity contribution >= 4 is 10.0 Å². The Bertz CT molecular complexity index is 531. The molecule has 94 valence electrons. The summed E-state index contributed by atoms with van der Waals surface area (Å²) in [5, 5.41) is 0. The maximum atomic E-state index is 12.2. The van der Waals surface area contributed by atoms with E-state index < -0.39 is 10.0 Å². The summed E-state index contributed by atoms with van der Waals surface area (Å²) in [7, 11) is -3.53. The number of hydrogen-bond acceptors (Lipinski definition) is 4. The molecule has 7 heteroatoms. The number of nitrogens with one attached hydrogen (secondary N) is 1. The van der Waals surface area contributed by atoms with Crippen LogP contribution in [0, 0.1) is 0 Å². The van der Waals surface area contributed by atoms with E-state index in [9.17, 15) is 13.2 Å². The molecule has 1 aliphatic heterocycles. The van der Waals surface area contributed by atoms with Crippen molar-refractivity contribution in [2.24, 2.45) is 0 Å². The van der Waals surface area contributed by atoms with E-state index in [0.29, 0.717) is 19.7 Å². The molecule has 0 amide bonds. The van der Waals surface area contributed by atoms with Crippen molar-refractivity contribution in [3.63, 3.8) is 0 Å². The van der Waals surface area contributed by atoms with Crippen LogP contribution in [-0.4, -0.2) is 43.5 Å². The van der Waals surface area contributed by atoms with Crippen molar-refractivity contribution in [1.82, 2.24) is 9.29 Å². The zero-order valence-electron chi connectivity index (χ0n) is 9.42. The fourth-order valence-electron chi connectivity index (χ4n) is 1.71. The summed E-state index contributed by atoms with van der Waals surface area (Å²) in [6.45, 7) is 2.89. The van der Waals surface area contributed by atoms with Crippen molar-refractivity contribution in [1.29, 1.82) is 0 Å². The molecule has 1 aromatic rings. The number of hydrogen-bond donors (Lipinski definition) is 1. The maximum Gasteiger partial charge on any atom is 0.247 e. The minimum atomic E-state index is -3.53. The van der Waals surface area contributed by atoms with Crippen LogP contribution in [0.5, 0.6) is 0 Å². The third kappa shape index (κ3) is 2.56. The van der Waals surface area contributed by atoms with Crippen LogP contribution in [0.1, 0.15) is 6.92 Å². The highest BCUT2D eigenvalue weighted by molar-refractivity contribution is 7.89. The number of nitrogens with zero attached hydrogens (tertiary/aromatic N) is 1. The average molecular weight is 258 g/mol. The van der Waals surface area contributed by atoms with Crippen molar-refractivity contribution in [2.45, 2.75) is 17.9 Å². The lowest BCUT2D eigenvalue weighted by atomic mass is 10.3. The number of aromatic amines is 1. The second-order valence-electron chi connectivity index (χ2n) is 3.93. The van der Waals surface area contributed by atoms with Crippen molar-refractivity contribution < 1.29 is 13.2 Å². The molecule has 1 aromatic heterocycles. The van der Waals surface area contributed by atoms with Gasteiger partial charge in [-0.15, -0.1) is 0 Å². The molecular formula is C10H14N2O4S. The van der Waals surface area contributed by atoms with E-state index in [-0.39, 0.29) is 16.6 Å². The summed E-state index contributed by atoms with van der Waals surface area (Å²) in [6.07, 6.45) is 1.11. The third-order valence-corrected chi connectivity index (χ3v) is 4.46. The second kappa shape index (κ2) is 4.59. The van der Waals surface area contributed by atoms with Gasteiger partial charge in [0.2, 0.25) is 15.6 Å². The predicted octanol–water partition coefficient (Wildman–Crippen LogP) is -0.216. The van der Waals surface area contributed by atoms with Crippen LogP contribution in [-0.2, 0) is 14.8 Å². The summed E-state index contributed by atoms with van der Waals surface area (Å²) < 4.78 is 31.0. The number of pyridine rings is 1. The number of ether oxygens (including phenoxy) is 1. The van der Waals surface area contributed by atoms with Gasteiger partial charge in [0.25, 0.3) is 0 Å². The molecule has 1 unspecified atom stereocenters. The fourth-order valence-corrected chi connectivity index (χ4v) is 3.18. The Morgan fingerprint density at radius 3 is 2.82 bits per heavy atom. The molecule has 1 atom stereocenters. The molecule has 0 bridgehead atoms. The van der Waals surface area contributed by atoms with Crippen molar-refractivity contribution in [3.8, 4) is 0 Å². The Morgan fingerprint density at radius 2 is 2.24 bits per heavy atom. The van der Waals surface area contributed by atoms with Gasteiger partial charge in [0.1, 0.15) is 0 Å². The molecule has 2 rings (SSSR count). The lowest BCUT2D eigenvalue weighted by Crippen LogP contribution is -2.44. The van der Waals surface area contributed by atoms with Crippen LogP contribution < -0.4 is 5.56 Å². The number of morpholine rings is 1. The van der Waals surface area contributed by atoms with Crippen LogP contribution in [0.2, 0.25) is 0 Å². The highest BCUT2D eigenvalue weighted by Crippen LogP contribution is 2.16. The Morgan fingerprint density at radius 1 is 1.47 bits per heavy atom. The van der Waals surface area contributed by atoms with Gasteiger partial charge in [0.15, 0.2) is 0 Å². The first-order valence-corrected chi connectivity index (χ1v) is 6.74. The molecule has 6 nitrogen and oxygen atoms in total.